The standard InChI is InChI=1S/C25H28N2O6S2/c1-4-26-23-9-5-19(13-17(23)2)11-12-27-24-10-6-20(14-18(24)3)15-21-7-8-22(34(28,29)30)16-25(21)35(31,32)33/h5-10,13-16,26H,4,11-12H2,1-3H3,(H,28,29,30)(H,31,32,33). The Bertz CT molecular complexity index is 1470. The van der Waals surface area contributed by atoms with E-state index in [0.29, 0.717) is 12.1 Å². The van der Waals surface area contributed by atoms with Crippen molar-refractivity contribution in [3.63, 3.8) is 0 Å². The molecule has 8 nitrogen and oxygen atoms in total. The van der Waals surface area contributed by atoms with E-state index in [1.54, 1.807) is 6.08 Å². The predicted octanol–water partition coefficient (Wildman–Crippen LogP) is 4.50. The van der Waals surface area contributed by atoms with Crippen LogP contribution in [-0.4, -0.2) is 44.7 Å². The second-order valence-corrected chi connectivity index (χ2v) is 11.0. The van der Waals surface area contributed by atoms with Gasteiger partial charge in [-0.15, -0.1) is 0 Å². The van der Waals surface area contributed by atoms with Crippen molar-refractivity contribution in [3.8, 4) is 0 Å². The van der Waals surface area contributed by atoms with Gasteiger partial charge in [-0.1, -0.05) is 24.3 Å². The van der Waals surface area contributed by atoms with Gasteiger partial charge in [0.05, 0.1) is 10.6 Å². The first-order valence-electron chi connectivity index (χ1n) is 10.9. The van der Waals surface area contributed by atoms with Crippen LogP contribution in [-0.2, 0) is 26.7 Å². The molecule has 10 heteroatoms. The van der Waals surface area contributed by atoms with Crippen molar-refractivity contribution in [1.82, 2.24) is 0 Å². The number of rotatable bonds is 8. The van der Waals surface area contributed by atoms with Gasteiger partial charge in [-0.25, -0.2) is 0 Å². The van der Waals surface area contributed by atoms with E-state index in [2.05, 4.69) is 42.4 Å². The van der Waals surface area contributed by atoms with Crippen molar-refractivity contribution in [2.45, 2.75) is 37.0 Å². The maximum absolute atomic E-state index is 11.8. The van der Waals surface area contributed by atoms with Gasteiger partial charge in [-0.2, -0.15) is 16.8 Å². The van der Waals surface area contributed by atoms with Crippen LogP contribution in [0, 0.1) is 6.92 Å². The highest BCUT2D eigenvalue weighted by atomic mass is 32.2. The van der Waals surface area contributed by atoms with Crippen LogP contribution in [0.2, 0.25) is 0 Å². The molecule has 0 saturated carbocycles. The quantitative estimate of drug-likeness (QED) is 0.440. The Labute approximate surface area is 206 Å². The topological polar surface area (TPSA) is 133 Å². The van der Waals surface area contributed by atoms with Crippen LogP contribution in [0.1, 0.15) is 30.5 Å². The summed E-state index contributed by atoms with van der Waals surface area (Å²) in [7, 11) is -9.36. The number of benzene rings is 2. The smallest absolute Gasteiger partial charge is 0.295 e. The van der Waals surface area contributed by atoms with Gasteiger partial charge in [0, 0.05) is 18.8 Å². The number of hydrogen-bond donors (Lipinski definition) is 3. The number of nitrogens with zero attached hydrogens (tertiary/aromatic N) is 1. The van der Waals surface area contributed by atoms with Gasteiger partial charge in [0.1, 0.15) is 4.90 Å². The molecule has 0 bridgehead atoms. The minimum absolute atomic E-state index is 0.0837. The Morgan fingerprint density at radius 1 is 0.971 bits per heavy atom. The van der Waals surface area contributed by atoms with E-state index in [-0.39, 0.29) is 5.56 Å². The minimum Gasteiger partial charge on any atom is -0.385 e. The first kappa shape index (κ1) is 26.6. The summed E-state index contributed by atoms with van der Waals surface area (Å²) in [5.41, 5.74) is 5.91. The summed E-state index contributed by atoms with van der Waals surface area (Å²) in [5.74, 6) is 0. The third-order valence-corrected chi connectivity index (χ3v) is 7.20. The molecule has 186 valence electrons. The number of aryl methyl sites for hydroxylation is 1. The summed E-state index contributed by atoms with van der Waals surface area (Å²) in [6, 6.07) is 9.32. The summed E-state index contributed by atoms with van der Waals surface area (Å²) in [6.07, 6.45) is 7.69. The zero-order chi connectivity index (χ0) is 25.8. The third kappa shape index (κ3) is 6.98. The molecule has 2 aromatic rings. The summed E-state index contributed by atoms with van der Waals surface area (Å²) >= 11 is 0. The number of hydrogen-bond acceptors (Lipinski definition) is 6. The molecule has 1 aliphatic rings. The summed E-state index contributed by atoms with van der Waals surface area (Å²) in [4.78, 5) is 3.43. The second-order valence-electron chi connectivity index (χ2n) is 8.15. The number of aliphatic imine (C=N–C) groups is 1. The number of anilines is 1. The molecule has 0 fully saturated rings. The highest BCUT2D eigenvalue weighted by Crippen LogP contribution is 2.25. The molecule has 1 aliphatic carbocycles. The molecule has 2 aromatic carbocycles. The molecule has 0 atom stereocenters. The van der Waals surface area contributed by atoms with Gasteiger partial charge >= 0.3 is 0 Å². The number of nitrogens with one attached hydrogen (secondary N) is 1. The van der Waals surface area contributed by atoms with Crippen LogP contribution in [0.15, 0.2) is 80.6 Å². The van der Waals surface area contributed by atoms with E-state index in [0.717, 1.165) is 42.1 Å². The van der Waals surface area contributed by atoms with Crippen molar-refractivity contribution >= 4 is 37.7 Å². The Morgan fingerprint density at radius 2 is 1.71 bits per heavy atom. The van der Waals surface area contributed by atoms with Crippen LogP contribution in [0.4, 0.5) is 5.69 Å². The van der Waals surface area contributed by atoms with Gasteiger partial charge in [0.15, 0.2) is 0 Å². The van der Waals surface area contributed by atoms with Crippen LogP contribution in [0.5, 0.6) is 0 Å². The molecule has 0 amide bonds. The van der Waals surface area contributed by atoms with Crippen LogP contribution < -0.4 is 5.32 Å². The zero-order valence-electron chi connectivity index (χ0n) is 19.7. The fraction of sp³-hybridized carbons (Fsp3) is 0.240. The first-order chi connectivity index (χ1) is 16.4. The Kier molecular flexibility index (Phi) is 8.11. The van der Waals surface area contributed by atoms with Crippen molar-refractivity contribution < 1.29 is 25.9 Å². The van der Waals surface area contributed by atoms with Gasteiger partial charge in [0.2, 0.25) is 0 Å². The lowest BCUT2D eigenvalue weighted by Gasteiger charge is -2.11. The lowest BCUT2D eigenvalue weighted by atomic mass is 9.99. The molecular weight excluding hydrogens is 488 g/mol. The fourth-order valence-corrected chi connectivity index (χ4v) is 5.00. The van der Waals surface area contributed by atoms with Crippen molar-refractivity contribution in [3.05, 3.63) is 82.5 Å². The zero-order valence-corrected chi connectivity index (χ0v) is 21.3. The van der Waals surface area contributed by atoms with Gasteiger partial charge < -0.3 is 5.32 Å². The highest BCUT2D eigenvalue weighted by molar-refractivity contribution is 7.86. The normalized spacial score (nSPS) is 16.5. The van der Waals surface area contributed by atoms with E-state index in [1.165, 1.54) is 23.3 Å². The second kappa shape index (κ2) is 10.7. The maximum atomic E-state index is 11.8. The van der Waals surface area contributed by atoms with E-state index in [9.17, 15) is 25.9 Å². The molecule has 0 aromatic heterocycles. The van der Waals surface area contributed by atoms with Crippen LogP contribution >= 0.6 is 0 Å². The molecule has 3 rings (SSSR count). The summed E-state index contributed by atoms with van der Waals surface area (Å²) < 4.78 is 65.0. The Morgan fingerprint density at radius 3 is 2.31 bits per heavy atom. The van der Waals surface area contributed by atoms with E-state index in [1.807, 2.05) is 19.1 Å². The maximum Gasteiger partial charge on any atom is 0.295 e. The van der Waals surface area contributed by atoms with Gasteiger partial charge in [0.25, 0.3) is 20.2 Å². The molecule has 0 radical (unpaired) electrons. The largest absolute Gasteiger partial charge is 0.385 e. The van der Waals surface area contributed by atoms with Crippen molar-refractivity contribution in [2.75, 3.05) is 18.4 Å². The van der Waals surface area contributed by atoms with Crippen LogP contribution in [0.3, 0.4) is 0 Å². The molecule has 3 N–H and O–H groups in total. The fourth-order valence-electron chi connectivity index (χ4n) is 3.72. The van der Waals surface area contributed by atoms with Crippen LogP contribution in [0.25, 0.3) is 6.08 Å². The Hall–Kier alpha value is -3.05. The monoisotopic (exact) mass is 516 g/mol. The van der Waals surface area contributed by atoms with E-state index in [4.69, 9.17) is 0 Å². The molecule has 0 heterocycles. The molecule has 0 saturated heterocycles. The SMILES string of the molecule is CCNc1ccc(CCN=C2C=CC(=Cc3ccc(S(=O)(=O)O)cc3S(=O)(=O)O)C=C2C)cc1C. The highest BCUT2D eigenvalue weighted by Gasteiger charge is 2.20. The van der Waals surface area contributed by atoms with Crippen molar-refractivity contribution in [1.29, 1.82) is 0 Å². The molecular formula is C25H28N2O6S2. The van der Waals surface area contributed by atoms with Crippen molar-refractivity contribution in [2.24, 2.45) is 4.99 Å². The molecule has 0 spiro atoms. The third-order valence-electron chi connectivity index (χ3n) is 5.44. The predicted molar refractivity (Wildman–Crippen MR) is 138 cm³/mol. The lowest BCUT2D eigenvalue weighted by molar-refractivity contribution is 0.481. The Balaban J connectivity index is 1.78. The van der Waals surface area contributed by atoms with E-state index < -0.39 is 30.0 Å². The average Bonchev–Trinajstić information content (AvgIpc) is 2.76. The molecule has 35 heavy (non-hydrogen) atoms. The summed E-state index contributed by atoms with van der Waals surface area (Å²) in [6.45, 7) is 7.49. The summed E-state index contributed by atoms with van der Waals surface area (Å²) in [5, 5.41) is 3.32. The lowest BCUT2D eigenvalue weighted by Crippen LogP contribution is -2.06. The molecule has 0 aliphatic heterocycles. The number of allylic oxidation sites excluding steroid dienone is 5. The van der Waals surface area contributed by atoms with Gasteiger partial charge in [-0.3, -0.25) is 14.1 Å². The minimum atomic E-state index is -4.73. The molecule has 0 unspecified atom stereocenters. The first-order valence-corrected chi connectivity index (χ1v) is 13.8. The van der Waals surface area contributed by atoms with Gasteiger partial charge in [-0.05, 0) is 91.5 Å². The van der Waals surface area contributed by atoms with E-state index >= 15 is 0 Å². The average molecular weight is 517 g/mol.